The number of rotatable bonds is 4. The fourth-order valence-corrected chi connectivity index (χ4v) is 4.21. The first-order valence-electron chi connectivity index (χ1n) is 8.54. The molecule has 0 aromatic rings. The van der Waals surface area contributed by atoms with Crippen LogP contribution in [-0.4, -0.2) is 53.6 Å². The van der Waals surface area contributed by atoms with Gasteiger partial charge in [-0.2, -0.15) is 0 Å². The SMILES string of the molecule is NC(=O)[C@H]1CCO[C@@H]1C1CCN(C(=O)C2(C(=O)O)CC=CC2)CC1. The number of aliphatic carboxylic acids is 1. The second kappa shape index (κ2) is 6.55. The van der Waals surface area contributed by atoms with Crippen LogP contribution in [0.2, 0.25) is 0 Å². The summed E-state index contributed by atoms with van der Waals surface area (Å²) >= 11 is 0. The van der Waals surface area contributed by atoms with E-state index in [1.165, 1.54) is 0 Å². The summed E-state index contributed by atoms with van der Waals surface area (Å²) in [7, 11) is 0. The lowest BCUT2D eigenvalue weighted by Gasteiger charge is -2.38. The second-order valence-electron chi connectivity index (χ2n) is 7.03. The predicted octanol–water partition coefficient (Wildman–Crippen LogP) is 0.536. The fourth-order valence-electron chi connectivity index (χ4n) is 4.21. The second-order valence-corrected chi connectivity index (χ2v) is 7.03. The van der Waals surface area contributed by atoms with Gasteiger partial charge in [0.25, 0.3) is 0 Å². The highest BCUT2D eigenvalue weighted by Crippen LogP contribution is 2.38. The Morgan fingerprint density at radius 1 is 1.12 bits per heavy atom. The number of likely N-dealkylation sites (tertiary alicyclic amines) is 1. The van der Waals surface area contributed by atoms with Crippen molar-refractivity contribution in [2.45, 2.75) is 38.2 Å². The molecule has 2 fully saturated rings. The fraction of sp³-hybridized carbons (Fsp3) is 0.706. The minimum Gasteiger partial charge on any atom is -0.480 e. The number of hydrogen-bond acceptors (Lipinski definition) is 4. The van der Waals surface area contributed by atoms with Gasteiger partial charge in [0.2, 0.25) is 11.8 Å². The first-order valence-corrected chi connectivity index (χ1v) is 8.54. The molecule has 3 aliphatic rings. The zero-order valence-corrected chi connectivity index (χ0v) is 13.6. The van der Waals surface area contributed by atoms with Crippen molar-refractivity contribution in [3.8, 4) is 0 Å². The summed E-state index contributed by atoms with van der Waals surface area (Å²) in [5.41, 5.74) is 4.12. The molecule has 7 heteroatoms. The minimum atomic E-state index is -1.33. The number of carbonyl (C=O) groups is 3. The molecule has 24 heavy (non-hydrogen) atoms. The minimum absolute atomic E-state index is 0.165. The van der Waals surface area contributed by atoms with Crippen LogP contribution in [0.4, 0.5) is 0 Å². The molecule has 2 atom stereocenters. The third-order valence-electron chi connectivity index (χ3n) is 5.71. The van der Waals surface area contributed by atoms with Crippen molar-refractivity contribution in [3.63, 3.8) is 0 Å². The van der Waals surface area contributed by atoms with E-state index in [1.54, 1.807) is 17.1 Å². The van der Waals surface area contributed by atoms with E-state index in [2.05, 4.69) is 0 Å². The van der Waals surface area contributed by atoms with Crippen LogP contribution in [0.15, 0.2) is 12.2 Å². The molecule has 0 aromatic heterocycles. The third-order valence-corrected chi connectivity index (χ3v) is 5.71. The van der Waals surface area contributed by atoms with Crippen molar-refractivity contribution >= 4 is 17.8 Å². The van der Waals surface area contributed by atoms with Gasteiger partial charge in [-0.3, -0.25) is 14.4 Å². The monoisotopic (exact) mass is 336 g/mol. The van der Waals surface area contributed by atoms with E-state index in [-0.39, 0.29) is 42.6 Å². The van der Waals surface area contributed by atoms with Gasteiger partial charge < -0.3 is 20.5 Å². The van der Waals surface area contributed by atoms with Gasteiger partial charge in [0.05, 0.1) is 12.0 Å². The molecule has 0 aromatic carbocycles. The van der Waals surface area contributed by atoms with E-state index in [9.17, 15) is 19.5 Å². The van der Waals surface area contributed by atoms with E-state index in [0.717, 1.165) is 0 Å². The van der Waals surface area contributed by atoms with E-state index in [0.29, 0.717) is 39.0 Å². The zero-order chi connectivity index (χ0) is 17.3. The summed E-state index contributed by atoms with van der Waals surface area (Å²) in [6.07, 6.45) is 5.97. The summed E-state index contributed by atoms with van der Waals surface area (Å²) < 4.78 is 5.71. The number of allylic oxidation sites excluding steroid dienone is 2. The molecule has 0 bridgehead atoms. The Kier molecular flexibility index (Phi) is 4.62. The lowest BCUT2D eigenvalue weighted by Crippen LogP contribution is -2.51. The van der Waals surface area contributed by atoms with Crippen molar-refractivity contribution in [2.75, 3.05) is 19.7 Å². The molecule has 1 aliphatic carbocycles. The average Bonchev–Trinajstić information content (AvgIpc) is 3.24. The number of nitrogens with two attached hydrogens (primary N) is 1. The van der Waals surface area contributed by atoms with Crippen LogP contribution in [0.25, 0.3) is 0 Å². The van der Waals surface area contributed by atoms with Crippen molar-refractivity contribution in [3.05, 3.63) is 12.2 Å². The van der Waals surface area contributed by atoms with Gasteiger partial charge in [-0.1, -0.05) is 12.2 Å². The predicted molar refractivity (Wildman–Crippen MR) is 84.8 cm³/mol. The summed E-state index contributed by atoms with van der Waals surface area (Å²) in [6, 6.07) is 0. The van der Waals surface area contributed by atoms with Crippen LogP contribution in [-0.2, 0) is 19.1 Å². The van der Waals surface area contributed by atoms with Gasteiger partial charge in [0.15, 0.2) is 5.41 Å². The number of ether oxygens (including phenoxy) is 1. The number of primary amides is 1. The zero-order valence-electron chi connectivity index (χ0n) is 13.6. The summed E-state index contributed by atoms with van der Waals surface area (Å²) in [5, 5.41) is 9.53. The van der Waals surface area contributed by atoms with Crippen LogP contribution in [0.1, 0.15) is 32.1 Å². The molecule has 2 amide bonds. The first-order chi connectivity index (χ1) is 11.5. The molecule has 0 radical (unpaired) electrons. The molecule has 2 saturated heterocycles. The molecule has 0 unspecified atom stereocenters. The highest BCUT2D eigenvalue weighted by atomic mass is 16.5. The van der Waals surface area contributed by atoms with Crippen molar-refractivity contribution in [2.24, 2.45) is 23.0 Å². The molecule has 3 rings (SSSR count). The Hall–Kier alpha value is -1.89. The molecule has 132 valence electrons. The van der Waals surface area contributed by atoms with Gasteiger partial charge in [0.1, 0.15) is 0 Å². The highest BCUT2D eigenvalue weighted by molar-refractivity contribution is 6.02. The average molecular weight is 336 g/mol. The summed E-state index contributed by atoms with van der Waals surface area (Å²) in [5.74, 6) is -1.72. The highest BCUT2D eigenvalue weighted by Gasteiger charge is 2.49. The van der Waals surface area contributed by atoms with E-state index < -0.39 is 11.4 Å². The largest absolute Gasteiger partial charge is 0.480 e. The molecule has 2 aliphatic heterocycles. The van der Waals surface area contributed by atoms with Gasteiger partial charge in [-0.15, -0.1) is 0 Å². The lowest BCUT2D eigenvalue weighted by molar-refractivity contribution is -0.161. The Morgan fingerprint density at radius 2 is 1.75 bits per heavy atom. The topological polar surface area (TPSA) is 110 Å². The van der Waals surface area contributed by atoms with Crippen molar-refractivity contribution < 1.29 is 24.2 Å². The van der Waals surface area contributed by atoms with E-state index >= 15 is 0 Å². The van der Waals surface area contributed by atoms with Gasteiger partial charge >= 0.3 is 5.97 Å². The molecule has 3 N–H and O–H groups in total. The van der Waals surface area contributed by atoms with Crippen LogP contribution < -0.4 is 5.73 Å². The standard InChI is InChI=1S/C17H24N2O5/c18-14(20)12-5-10-24-13(12)11-3-8-19(9-4-11)15(21)17(16(22)23)6-1-2-7-17/h1-2,11-13H,3-10H2,(H2,18,20)(H,22,23)/t12-,13+/m0/s1. The molecular weight excluding hydrogens is 312 g/mol. The van der Waals surface area contributed by atoms with Crippen molar-refractivity contribution in [1.29, 1.82) is 0 Å². The third kappa shape index (κ3) is 2.81. The van der Waals surface area contributed by atoms with Crippen LogP contribution >= 0.6 is 0 Å². The maximum absolute atomic E-state index is 12.8. The molecule has 7 nitrogen and oxygen atoms in total. The quantitative estimate of drug-likeness (QED) is 0.575. The summed E-state index contributed by atoms with van der Waals surface area (Å²) in [4.78, 5) is 37.6. The molecular formula is C17H24N2O5. The Bertz CT molecular complexity index is 557. The van der Waals surface area contributed by atoms with Crippen LogP contribution in [0.3, 0.4) is 0 Å². The van der Waals surface area contributed by atoms with Crippen LogP contribution in [0, 0.1) is 17.3 Å². The number of hydrogen-bond donors (Lipinski definition) is 2. The molecule has 2 heterocycles. The molecule has 0 spiro atoms. The maximum Gasteiger partial charge on any atom is 0.319 e. The number of carboxylic acids is 1. The Balaban J connectivity index is 1.62. The van der Waals surface area contributed by atoms with E-state index in [1.807, 2.05) is 0 Å². The van der Waals surface area contributed by atoms with Gasteiger partial charge in [-0.05, 0) is 38.0 Å². The number of carbonyl (C=O) groups excluding carboxylic acids is 2. The van der Waals surface area contributed by atoms with Gasteiger partial charge in [-0.25, -0.2) is 0 Å². The number of piperidine rings is 1. The van der Waals surface area contributed by atoms with E-state index in [4.69, 9.17) is 10.5 Å². The molecule has 0 saturated carbocycles. The number of nitrogens with zero attached hydrogens (tertiary/aromatic N) is 1. The van der Waals surface area contributed by atoms with Gasteiger partial charge in [0, 0.05) is 19.7 Å². The Morgan fingerprint density at radius 3 is 2.29 bits per heavy atom. The maximum atomic E-state index is 12.8. The lowest BCUT2D eigenvalue weighted by atomic mass is 9.81. The van der Waals surface area contributed by atoms with Crippen LogP contribution in [0.5, 0.6) is 0 Å². The Labute approximate surface area is 140 Å². The number of carboxylic acid groups (broad SMARTS) is 1. The summed E-state index contributed by atoms with van der Waals surface area (Å²) in [6.45, 7) is 1.55. The normalized spacial score (nSPS) is 29.8. The number of amides is 2. The first kappa shape index (κ1) is 17.0. The van der Waals surface area contributed by atoms with Crippen molar-refractivity contribution in [1.82, 2.24) is 4.90 Å². The smallest absolute Gasteiger partial charge is 0.319 e.